The Morgan fingerprint density at radius 2 is 1.90 bits per heavy atom. The molecule has 0 aliphatic carbocycles. The van der Waals surface area contributed by atoms with Gasteiger partial charge in [-0.2, -0.15) is 5.10 Å². The van der Waals surface area contributed by atoms with E-state index in [1.807, 2.05) is 0 Å². The van der Waals surface area contributed by atoms with Crippen LogP contribution in [0.4, 0.5) is 0 Å². The van der Waals surface area contributed by atoms with Crippen molar-refractivity contribution in [3.8, 4) is 0 Å². The normalized spacial score (nSPS) is 10.6. The number of ketones is 2. The summed E-state index contributed by atoms with van der Waals surface area (Å²) in [5.74, 6) is -0.534. The maximum Gasteiger partial charge on any atom is 0.174 e. The summed E-state index contributed by atoms with van der Waals surface area (Å²) in [6, 6.07) is 3.30. The number of rotatable bonds is 4. The van der Waals surface area contributed by atoms with Gasteiger partial charge in [0.25, 0.3) is 0 Å². The van der Waals surface area contributed by atoms with Gasteiger partial charge in [0.2, 0.25) is 0 Å². The lowest BCUT2D eigenvalue weighted by Gasteiger charge is -1.99. The fourth-order valence-corrected chi connectivity index (χ4v) is 1.92. The molecule has 6 heteroatoms. The molecule has 0 amide bonds. The molecule has 3 heterocycles. The maximum atomic E-state index is 12.2. The molecule has 0 aromatic carbocycles. The molecule has 3 aromatic rings. The van der Waals surface area contributed by atoms with Crippen LogP contribution >= 0.6 is 0 Å². The predicted octanol–water partition coefficient (Wildman–Crippen LogP) is 1.58. The molecule has 0 N–H and O–H groups in total. The van der Waals surface area contributed by atoms with E-state index in [0.717, 1.165) is 0 Å². The average molecular weight is 266 g/mol. The molecule has 0 radical (unpaired) electrons. The lowest BCUT2D eigenvalue weighted by molar-refractivity contribution is 0.0895. The van der Waals surface area contributed by atoms with Crippen LogP contribution < -0.4 is 0 Å². The number of aromatic nitrogens is 4. The van der Waals surface area contributed by atoms with Crippen LogP contribution in [0, 0.1) is 0 Å². The van der Waals surface area contributed by atoms with Crippen molar-refractivity contribution in [2.75, 3.05) is 0 Å². The summed E-state index contributed by atoms with van der Waals surface area (Å²) in [7, 11) is 0. The van der Waals surface area contributed by atoms with Crippen LogP contribution in [0.2, 0.25) is 0 Å². The second-order valence-electron chi connectivity index (χ2n) is 4.23. The Hall–Kier alpha value is -2.89. The van der Waals surface area contributed by atoms with Gasteiger partial charge in [0.15, 0.2) is 11.6 Å². The van der Waals surface area contributed by atoms with Gasteiger partial charge in [0.1, 0.15) is 0 Å². The van der Waals surface area contributed by atoms with Crippen molar-refractivity contribution < 1.29 is 9.59 Å². The van der Waals surface area contributed by atoms with Crippen molar-refractivity contribution in [1.82, 2.24) is 19.6 Å². The van der Waals surface area contributed by atoms with E-state index < -0.39 is 0 Å². The van der Waals surface area contributed by atoms with Crippen LogP contribution in [0.15, 0.2) is 49.3 Å². The number of hydrogen-bond donors (Lipinski definition) is 0. The van der Waals surface area contributed by atoms with Crippen LogP contribution in [0.3, 0.4) is 0 Å². The summed E-state index contributed by atoms with van der Waals surface area (Å²) >= 11 is 0. The monoisotopic (exact) mass is 266 g/mol. The Bertz CT molecular complexity index is 780. The molecule has 0 atom stereocenters. The molecule has 0 fully saturated rings. The van der Waals surface area contributed by atoms with Crippen LogP contribution in [-0.2, 0) is 0 Å². The second kappa shape index (κ2) is 5.00. The molecular formula is C14H10N4O2. The summed E-state index contributed by atoms with van der Waals surface area (Å²) in [6.07, 6.45) is 9.06. The van der Waals surface area contributed by atoms with Crippen molar-refractivity contribution in [3.05, 3.63) is 60.4 Å². The maximum absolute atomic E-state index is 12.2. The van der Waals surface area contributed by atoms with E-state index >= 15 is 0 Å². The molecule has 0 saturated heterocycles. The van der Waals surface area contributed by atoms with E-state index in [2.05, 4.69) is 15.1 Å². The first-order valence-corrected chi connectivity index (χ1v) is 5.99. The molecule has 0 aliphatic rings. The van der Waals surface area contributed by atoms with E-state index in [9.17, 15) is 9.59 Å². The Kier molecular flexibility index (Phi) is 3.04. The van der Waals surface area contributed by atoms with Gasteiger partial charge in [-0.05, 0) is 12.1 Å². The highest BCUT2D eigenvalue weighted by Gasteiger charge is 2.17. The number of nitrogens with zero attached hydrogens (tertiary/aromatic N) is 4. The zero-order valence-corrected chi connectivity index (χ0v) is 10.4. The number of pyridine rings is 1. The van der Waals surface area contributed by atoms with Gasteiger partial charge in [0.05, 0.1) is 29.9 Å². The van der Waals surface area contributed by atoms with Gasteiger partial charge in [-0.1, -0.05) is 0 Å². The Morgan fingerprint density at radius 3 is 2.70 bits per heavy atom. The number of carbonyl (C=O) groups excluding carboxylic acids is 2. The zero-order valence-electron chi connectivity index (χ0n) is 10.4. The smallest absolute Gasteiger partial charge is 0.174 e. The van der Waals surface area contributed by atoms with E-state index in [4.69, 9.17) is 0 Å². The molecule has 3 rings (SSSR count). The number of carbonyl (C=O) groups is 2. The summed E-state index contributed by atoms with van der Waals surface area (Å²) in [4.78, 5) is 32.0. The van der Waals surface area contributed by atoms with E-state index in [-0.39, 0.29) is 18.0 Å². The minimum absolute atomic E-state index is 0.206. The summed E-state index contributed by atoms with van der Waals surface area (Å²) < 4.78 is 1.55. The third kappa shape index (κ3) is 2.18. The quantitative estimate of drug-likeness (QED) is 0.529. The zero-order chi connectivity index (χ0) is 13.9. The average Bonchev–Trinajstić information content (AvgIpc) is 2.92. The van der Waals surface area contributed by atoms with Crippen molar-refractivity contribution >= 4 is 17.1 Å². The molecule has 6 nitrogen and oxygen atoms in total. The Morgan fingerprint density at radius 1 is 1.05 bits per heavy atom. The van der Waals surface area contributed by atoms with Crippen LogP contribution in [0.25, 0.3) is 5.52 Å². The van der Waals surface area contributed by atoms with Crippen LogP contribution in [-0.4, -0.2) is 31.1 Å². The molecule has 0 aliphatic heterocycles. The topological polar surface area (TPSA) is 77.2 Å². The third-order valence-electron chi connectivity index (χ3n) is 2.93. The first-order chi connectivity index (χ1) is 9.75. The molecule has 20 heavy (non-hydrogen) atoms. The summed E-state index contributed by atoms with van der Waals surface area (Å²) in [5, 5.41) is 4.05. The van der Waals surface area contributed by atoms with E-state index in [1.165, 1.54) is 12.4 Å². The molecule has 98 valence electrons. The van der Waals surface area contributed by atoms with Crippen molar-refractivity contribution in [2.24, 2.45) is 0 Å². The molecule has 0 bridgehead atoms. The van der Waals surface area contributed by atoms with E-state index in [1.54, 1.807) is 41.4 Å². The minimum atomic E-state index is -0.276. The Balaban J connectivity index is 1.85. The highest BCUT2D eigenvalue weighted by molar-refractivity contribution is 6.15. The van der Waals surface area contributed by atoms with Gasteiger partial charge < -0.3 is 0 Å². The van der Waals surface area contributed by atoms with Gasteiger partial charge in [0, 0.05) is 30.4 Å². The van der Waals surface area contributed by atoms with Crippen molar-refractivity contribution in [2.45, 2.75) is 6.42 Å². The number of hydrogen-bond acceptors (Lipinski definition) is 5. The summed E-state index contributed by atoms with van der Waals surface area (Å²) in [5.41, 5.74) is 1.42. The third-order valence-corrected chi connectivity index (χ3v) is 2.93. The van der Waals surface area contributed by atoms with Crippen LogP contribution in [0.5, 0.6) is 0 Å². The highest BCUT2D eigenvalue weighted by Crippen LogP contribution is 2.13. The van der Waals surface area contributed by atoms with E-state index in [0.29, 0.717) is 16.6 Å². The molecule has 3 aromatic heterocycles. The fraction of sp³-hybridized carbons (Fsp3) is 0.0714. The number of Topliss-reactive ketones (excluding diaryl/α,β-unsaturated/α-hetero) is 2. The highest BCUT2D eigenvalue weighted by atomic mass is 16.1. The largest absolute Gasteiger partial charge is 0.294 e. The van der Waals surface area contributed by atoms with Gasteiger partial charge >= 0.3 is 0 Å². The van der Waals surface area contributed by atoms with Gasteiger partial charge in [-0.15, -0.1) is 0 Å². The molecule has 0 unspecified atom stereocenters. The van der Waals surface area contributed by atoms with Gasteiger partial charge in [-0.25, -0.2) is 4.52 Å². The first kappa shape index (κ1) is 12.2. The first-order valence-electron chi connectivity index (χ1n) is 5.99. The predicted molar refractivity (Wildman–Crippen MR) is 70.5 cm³/mol. The van der Waals surface area contributed by atoms with Crippen LogP contribution in [0.1, 0.15) is 27.1 Å². The van der Waals surface area contributed by atoms with Crippen molar-refractivity contribution in [1.29, 1.82) is 0 Å². The van der Waals surface area contributed by atoms with Crippen molar-refractivity contribution in [3.63, 3.8) is 0 Å². The lowest BCUT2D eigenvalue weighted by Crippen LogP contribution is -2.08. The molecule has 0 saturated carbocycles. The minimum Gasteiger partial charge on any atom is -0.294 e. The fourth-order valence-electron chi connectivity index (χ4n) is 1.92. The van der Waals surface area contributed by atoms with Gasteiger partial charge in [-0.3, -0.25) is 19.6 Å². The SMILES string of the molecule is O=C(CC(=O)c1cnn2ccncc12)c1cccnc1. The Labute approximate surface area is 114 Å². The number of fused-ring (bicyclic) bond motifs is 1. The second-order valence-corrected chi connectivity index (χ2v) is 4.23. The standard InChI is InChI=1S/C14H10N4O2/c19-13(10-2-1-3-15-7-10)6-14(20)11-8-17-18-5-4-16-9-12(11)18/h1-5,7-9H,6H2. The summed E-state index contributed by atoms with van der Waals surface area (Å²) in [6.45, 7) is 0. The lowest BCUT2D eigenvalue weighted by atomic mass is 10.0. The molecular weight excluding hydrogens is 256 g/mol. The molecule has 0 spiro atoms.